The van der Waals surface area contributed by atoms with Crippen molar-refractivity contribution in [3.05, 3.63) is 39.9 Å². The summed E-state index contributed by atoms with van der Waals surface area (Å²) in [4.78, 5) is 18.8. The minimum absolute atomic E-state index is 0.209. The van der Waals surface area contributed by atoms with Crippen molar-refractivity contribution in [3.63, 3.8) is 0 Å². The molecule has 130 valence electrons. The van der Waals surface area contributed by atoms with Crippen LogP contribution in [0.3, 0.4) is 0 Å². The zero-order chi connectivity index (χ0) is 18.0. The fourth-order valence-electron chi connectivity index (χ4n) is 2.47. The molecule has 1 aromatic carbocycles. The zero-order valence-corrected chi connectivity index (χ0v) is 15.6. The number of carbonyl (C=O) groups excluding carboxylic acids is 1. The highest BCUT2D eigenvalue weighted by atomic mass is 35.5. The van der Waals surface area contributed by atoms with Gasteiger partial charge in [-0.25, -0.2) is 4.98 Å². The predicted octanol–water partition coefficient (Wildman–Crippen LogP) is 2.98. The fraction of sp³-hybridized carbons (Fsp3) is 0.412. The Bertz CT molecular complexity index is 771. The van der Waals surface area contributed by atoms with Crippen molar-refractivity contribution in [2.45, 2.75) is 20.4 Å². The molecule has 0 saturated carbocycles. The van der Waals surface area contributed by atoms with Crippen LogP contribution >= 0.6 is 11.6 Å². The molecular formula is C17H22ClN3O3. The van der Waals surface area contributed by atoms with Crippen LogP contribution in [0, 0.1) is 13.8 Å². The van der Waals surface area contributed by atoms with E-state index in [9.17, 15) is 4.79 Å². The molecule has 0 spiro atoms. The molecular weight excluding hydrogens is 330 g/mol. The molecule has 6 nitrogen and oxygen atoms in total. The molecule has 0 aliphatic heterocycles. The molecule has 1 aromatic heterocycles. The third-order valence-corrected chi connectivity index (χ3v) is 4.53. The maximum Gasteiger partial charge on any atom is 0.255 e. The largest absolute Gasteiger partial charge is 0.493 e. The quantitative estimate of drug-likeness (QED) is 0.831. The van der Waals surface area contributed by atoms with Gasteiger partial charge < -0.3 is 18.9 Å². The Morgan fingerprint density at radius 3 is 2.46 bits per heavy atom. The van der Waals surface area contributed by atoms with E-state index in [0.29, 0.717) is 23.6 Å². The smallest absolute Gasteiger partial charge is 0.255 e. The molecule has 0 N–H and O–H groups in total. The van der Waals surface area contributed by atoms with E-state index in [1.807, 2.05) is 25.5 Å². The van der Waals surface area contributed by atoms with Crippen LogP contribution in [0.2, 0.25) is 5.02 Å². The average Bonchev–Trinajstić information content (AvgIpc) is 2.80. The molecule has 0 saturated heterocycles. The number of aryl methyl sites for hydroxylation is 1. The van der Waals surface area contributed by atoms with Gasteiger partial charge in [-0.2, -0.15) is 0 Å². The van der Waals surface area contributed by atoms with Gasteiger partial charge in [-0.05, 0) is 26.0 Å². The molecule has 0 radical (unpaired) electrons. The summed E-state index contributed by atoms with van der Waals surface area (Å²) in [5, 5.41) is 0.237. The molecule has 2 aromatic rings. The molecule has 1 amide bonds. The number of ether oxygens (including phenoxy) is 2. The first kappa shape index (κ1) is 18.1. The second-order valence-corrected chi connectivity index (χ2v) is 5.96. The van der Waals surface area contributed by atoms with Crippen molar-refractivity contribution in [2.24, 2.45) is 7.05 Å². The van der Waals surface area contributed by atoms with Crippen LogP contribution in [0.5, 0.6) is 11.5 Å². The summed E-state index contributed by atoms with van der Waals surface area (Å²) in [7, 11) is 6.66. The van der Waals surface area contributed by atoms with Gasteiger partial charge in [0.15, 0.2) is 11.5 Å². The van der Waals surface area contributed by atoms with E-state index in [1.165, 1.54) is 14.2 Å². The molecule has 0 fully saturated rings. The number of rotatable bonds is 5. The van der Waals surface area contributed by atoms with Crippen LogP contribution in [-0.4, -0.2) is 41.6 Å². The Morgan fingerprint density at radius 2 is 1.96 bits per heavy atom. The summed E-state index contributed by atoms with van der Waals surface area (Å²) in [5.41, 5.74) is 2.40. The lowest BCUT2D eigenvalue weighted by atomic mass is 10.1. The van der Waals surface area contributed by atoms with Crippen molar-refractivity contribution < 1.29 is 14.3 Å². The molecule has 24 heavy (non-hydrogen) atoms. The number of carbonyl (C=O) groups is 1. The van der Waals surface area contributed by atoms with Crippen molar-refractivity contribution >= 4 is 17.5 Å². The van der Waals surface area contributed by atoms with Gasteiger partial charge >= 0.3 is 0 Å². The number of imidazole rings is 1. The zero-order valence-electron chi connectivity index (χ0n) is 14.8. The summed E-state index contributed by atoms with van der Waals surface area (Å²) in [5.74, 6) is 1.44. The van der Waals surface area contributed by atoms with Gasteiger partial charge in [0.25, 0.3) is 5.91 Å². The lowest BCUT2D eigenvalue weighted by Crippen LogP contribution is -2.28. The van der Waals surface area contributed by atoms with E-state index in [0.717, 1.165) is 17.2 Å². The summed E-state index contributed by atoms with van der Waals surface area (Å²) >= 11 is 6.32. The van der Waals surface area contributed by atoms with Crippen LogP contribution in [0.4, 0.5) is 0 Å². The van der Waals surface area contributed by atoms with E-state index >= 15 is 0 Å². The highest BCUT2D eigenvalue weighted by Crippen LogP contribution is 2.37. The van der Waals surface area contributed by atoms with Crippen LogP contribution in [-0.2, 0) is 13.6 Å². The number of hydrogen-bond donors (Lipinski definition) is 0. The van der Waals surface area contributed by atoms with Crippen molar-refractivity contribution in [3.8, 4) is 11.5 Å². The average molecular weight is 352 g/mol. The summed E-state index contributed by atoms with van der Waals surface area (Å²) in [6.07, 6.45) is 0. The van der Waals surface area contributed by atoms with Crippen molar-refractivity contribution in [1.82, 2.24) is 14.5 Å². The van der Waals surface area contributed by atoms with E-state index in [4.69, 9.17) is 21.1 Å². The Morgan fingerprint density at radius 1 is 1.29 bits per heavy atom. The number of methoxy groups -OCH3 is 2. The predicted molar refractivity (Wildman–Crippen MR) is 93.0 cm³/mol. The number of nitrogens with zero attached hydrogens (tertiary/aromatic N) is 3. The molecule has 0 aliphatic rings. The van der Waals surface area contributed by atoms with E-state index in [-0.39, 0.29) is 10.9 Å². The van der Waals surface area contributed by atoms with E-state index in [1.54, 1.807) is 24.1 Å². The molecule has 0 aliphatic carbocycles. The lowest BCUT2D eigenvalue weighted by Gasteiger charge is -2.19. The second kappa shape index (κ2) is 7.13. The van der Waals surface area contributed by atoms with Gasteiger partial charge in [0, 0.05) is 19.8 Å². The normalized spacial score (nSPS) is 10.6. The lowest BCUT2D eigenvalue weighted by molar-refractivity contribution is 0.0780. The highest BCUT2D eigenvalue weighted by Gasteiger charge is 2.22. The highest BCUT2D eigenvalue weighted by molar-refractivity contribution is 6.35. The van der Waals surface area contributed by atoms with Gasteiger partial charge in [0.1, 0.15) is 5.82 Å². The second-order valence-electron chi connectivity index (χ2n) is 5.58. The van der Waals surface area contributed by atoms with Crippen LogP contribution in [0.25, 0.3) is 0 Å². The Balaban J connectivity index is 2.29. The third kappa shape index (κ3) is 3.19. The number of benzene rings is 1. The standard InChI is InChI=1S/C17H22ClN3O3/c1-10-11(2)21(4)14(19-10)9-20(3)17(22)12-7-8-13(23-5)16(24-6)15(12)18/h7-8H,9H2,1-6H3. The van der Waals surface area contributed by atoms with Gasteiger partial charge in [-0.1, -0.05) is 11.6 Å². The Labute approximate surface area is 146 Å². The molecule has 1 heterocycles. The number of hydrogen-bond acceptors (Lipinski definition) is 4. The molecule has 2 rings (SSSR count). The van der Waals surface area contributed by atoms with Gasteiger partial charge in [-0.15, -0.1) is 0 Å². The van der Waals surface area contributed by atoms with Crippen LogP contribution < -0.4 is 9.47 Å². The first-order valence-electron chi connectivity index (χ1n) is 7.46. The number of halogens is 1. The monoisotopic (exact) mass is 351 g/mol. The fourth-order valence-corrected chi connectivity index (χ4v) is 2.79. The Kier molecular flexibility index (Phi) is 5.39. The van der Waals surface area contributed by atoms with E-state index in [2.05, 4.69) is 4.98 Å². The minimum Gasteiger partial charge on any atom is -0.493 e. The van der Waals surface area contributed by atoms with Gasteiger partial charge in [-0.3, -0.25) is 4.79 Å². The Hall–Kier alpha value is -2.21. The van der Waals surface area contributed by atoms with Gasteiger partial charge in [0.2, 0.25) is 0 Å². The van der Waals surface area contributed by atoms with Crippen LogP contribution in [0.1, 0.15) is 27.6 Å². The number of aromatic nitrogens is 2. The van der Waals surface area contributed by atoms with Crippen LogP contribution in [0.15, 0.2) is 12.1 Å². The maximum atomic E-state index is 12.7. The molecule has 0 unspecified atom stereocenters. The summed E-state index contributed by atoms with van der Waals surface area (Å²) < 4.78 is 12.4. The molecule has 0 bridgehead atoms. The van der Waals surface area contributed by atoms with Crippen molar-refractivity contribution in [1.29, 1.82) is 0 Å². The van der Waals surface area contributed by atoms with Gasteiger partial charge in [0.05, 0.1) is 37.0 Å². The molecule has 0 atom stereocenters. The minimum atomic E-state index is -0.209. The third-order valence-electron chi connectivity index (χ3n) is 4.15. The summed E-state index contributed by atoms with van der Waals surface area (Å²) in [6.45, 7) is 4.33. The SMILES string of the molecule is COc1ccc(C(=O)N(C)Cc2nc(C)c(C)n2C)c(Cl)c1OC. The first-order chi connectivity index (χ1) is 11.3. The van der Waals surface area contributed by atoms with E-state index < -0.39 is 0 Å². The summed E-state index contributed by atoms with van der Waals surface area (Å²) in [6, 6.07) is 3.30. The topological polar surface area (TPSA) is 56.6 Å². The first-order valence-corrected chi connectivity index (χ1v) is 7.84. The van der Waals surface area contributed by atoms with Crippen molar-refractivity contribution in [2.75, 3.05) is 21.3 Å². The number of amides is 1. The maximum absolute atomic E-state index is 12.7. The molecule has 7 heteroatoms.